The minimum absolute atomic E-state index is 0.166. The van der Waals surface area contributed by atoms with Gasteiger partial charge in [-0.05, 0) is 55.7 Å². The van der Waals surface area contributed by atoms with Gasteiger partial charge in [0.05, 0.1) is 18.3 Å². The molecule has 0 unspecified atom stereocenters. The zero-order valence-electron chi connectivity index (χ0n) is 21.4. The van der Waals surface area contributed by atoms with Crippen molar-refractivity contribution < 1.29 is 13.9 Å². The van der Waals surface area contributed by atoms with Gasteiger partial charge in [0, 0.05) is 22.9 Å². The Morgan fingerprint density at radius 1 is 1.05 bits per heavy atom. The van der Waals surface area contributed by atoms with E-state index >= 15 is 0 Å². The first-order valence-corrected chi connectivity index (χ1v) is 13.0. The van der Waals surface area contributed by atoms with Gasteiger partial charge >= 0.3 is 0 Å². The standard InChI is InChI=1S/C31H31FN4O2/c1-21-11-13-23(14-12-21)30(37)36-31(34-24-9-5-6-10-24)35-25-17-29(33-19-25)27-16-15-26(18-28(27)32)38-20-22-7-3-2-4-8-22/h2-4,7-8,11-18,24H,5-6,9-10,19-20H2,1H3,(H2,34,35,36,37). The number of hydrogen-bond acceptors (Lipinski definition) is 4. The van der Waals surface area contributed by atoms with Crippen LogP contribution in [0.5, 0.6) is 5.75 Å². The zero-order chi connectivity index (χ0) is 26.3. The number of hydrogen-bond donors (Lipinski definition) is 2. The fourth-order valence-electron chi connectivity index (χ4n) is 4.55. The van der Waals surface area contributed by atoms with Gasteiger partial charge in [0.2, 0.25) is 5.96 Å². The summed E-state index contributed by atoms with van der Waals surface area (Å²) >= 11 is 0. The fraction of sp³-hybridized carbons (Fsp3) is 0.258. The number of benzene rings is 3. The second-order valence-electron chi connectivity index (χ2n) is 9.65. The average Bonchev–Trinajstić information content (AvgIpc) is 3.61. The van der Waals surface area contributed by atoms with Crippen molar-refractivity contribution in [3.8, 4) is 5.75 Å². The maximum atomic E-state index is 15.0. The summed E-state index contributed by atoms with van der Waals surface area (Å²) in [5.74, 6) is 0.224. The Morgan fingerprint density at radius 2 is 1.82 bits per heavy atom. The molecule has 194 valence electrons. The maximum absolute atomic E-state index is 15.0. The number of aliphatic imine (C=N–C) groups is 2. The van der Waals surface area contributed by atoms with Gasteiger partial charge in [-0.1, -0.05) is 60.9 Å². The number of amides is 1. The zero-order valence-corrected chi connectivity index (χ0v) is 21.4. The van der Waals surface area contributed by atoms with Crippen molar-refractivity contribution in [2.45, 2.75) is 45.3 Å². The van der Waals surface area contributed by atoms with Crippen LogP contribution in [-0.2, 0) is 6.61 Å². The van der Waals surface area contributed by atoms with E-state index < -0.39 is 5.82 Å². The molecule has 6 nitrogen and oxygen atoms in total. The number of carbonyl (C=O) groups excluding carboxylic acids is 1. The van der Waals surface area contributed by atoms with Crippen LogP contribution >= 0.6 is 0 Å². The van der Waals surface area contributed by atoms with Gasteiger partial charge in [-0.3, -0.25) is 15.1 Å². The number of halogens is 1. The molecule has 0 radical (unpaired) electrons. The number of nitrogens with zero attached hydrogens (tertiary/aromatic N) is 2. The summed E-state index contributed by atoms with van der Waals surface area (Å²) in [6.07, 6.45) is 6.05. The van der Waals surface area contributed by atoms with E-state index in [4.69, 9.17) is 9.73 Å². The topological polar surface area (TPSA) is 75.1 Å². The molecule has 1 heterocycles. The molecule has 0 bridgehead atoms. The molecule has 7 heteroatoms. The summed E-state index contributed by atoms with van der Waals surface area (Å²) in [5, 5.41) is 6.17. The Bertz CT molecular complexity index is 1370. The maximum Gasteiger partial charge on any atom is 0.257 e. The van der Waals surface area contributed by atoms with Crippen molar-refractivity contribution in [2.24, 2.45) is 9.98 Å². The molecule has 1 aliphatic heterocycles. The summed E-state index contributed by atoms with van der Waals surface area (Å²) in [5.41, 5.74) is 4.33. The lowest BCUT2D eigenvalue weighted by Crippen LogP contribution is -2.41. The monoisotopic (exact) mass is 510 g/mol. The third kappa shape index (κ3) is 6.54. The number of aryl methyl sites for hydroxylation is 1. The third-order valence-corrected chi connectivity index (χ3v) is 6.66. The molecule has 0 spiro atoms. The average molecular weight is 511 g/mol. The van der Waals surface area contributed by atoms with Crippen molar-refractivity contribution >= 4 is 17.6 Å². The Labute approximate surface area is 222 Å². The minimum Gasteiger partial charge on any atom is -0.489 e. The van der Waals surface area contributed by atoms with Gasteiger partial charge < -0.3 is 10.1 Å². The van der Waals surface area contributed by atoms with E-state index in [9.17, 15) is 9.18 Å². The molecule has 0 aromatic heterocycles. The summed E-state index contributed by atoms with van der Waals surface area (Å²) in [7, 11) is 0. The number of allylic oxidation sites excluding steroid dienone is 1. The quantitative estimate of drug-likeness (QED) is 0.315. The molecule has 3 aromatic carbocycles. The molecule has 0 atom stereocenters. The lowest BCUT2D eigenvalue weighted by molar-refractivity contribution is 0.0976. The van der Waals surface area contributed by atoms with E-state index in [-0.39, 0.29) is 11.9 Å². The van der Waals surface area contributed by atoms with Crippen molar-refractivity contribution in [2.75, 3.05) is 6.54 Å². The molecule has 1 saturated carbocycles. The van der Waals surface area contributed by atoms with Gasteiger partial charge in [-0.25, -0.2) is 9.38 Å². The summed E-state index contributed by atoms with van der Waals surface area (Å²) in [6.45, 7) is 2.69. The van der Waals surface area contributed by atoms with Crippen molar-refractivity contribution in [3.63, 3.8) is 0 Å². The lowest BCUT2D eigenvalue weighted by atomic mass is 10.1. The highest BCUT2D eigenvalue weighted by Crippen LogP contribution is 2.22. The van der Waals surface area contributed by atoms with Crippen LogP contribution in [0.2, 0.25) is 0 Å². The van der Waals surface area contributed by atoms with E-state index in [0.29, 0.717) is 41.7 Å². The largest absolute Gasteiger partial charge is 0.489 e. The number of rotatable bonds is 7. The second kappa shape index (κ2) is 11.9. The minimum atomic E-state index is -0.403. The normalized spacial score (nSPS) is 15.7. The van der Waals surface area contributed by atoms with E-state index in [1.807, 2.05) is 49.4 Å². The van der Waals surface area contributed by atoms with Gasteiger partial charge in [-0.15, -0.1) is 0 Å². The highest BCUT2D eigenvalue weighted by Gasteiger charge is 2.20. The van der Waals surface area contributed by atoms with E-state index in [1.54, 1.807) is 30.3 Å². The van der Waals surface area contributed by atoms with Crippen LogP contribution in [0.4, 0.5) is 4.39 Å². The summed E-state index contributed by atoms with van der Waals surface area (Å²) in [4.78, 5) is 22.2. The van der Waals surface area contributed by atoms with Crippen LogP contribution in [0.15, 0.2) is 94.6 Å². The predicted octanol–water partition coefficient (Wildman–Crippen LogP) is 5.72. The van der Waals surface area contributed by atoms with Crippen LogP contribution < -0.4 is 15.4 Å². The molecule has 2 aliphatic rings. The summed E-state index contributed by atoms with van der Waals surface area (Å²) in [6, 6.07) is 22.1. The molecule has 2 N–H and O–H groups in total. The van der Waals surface area contributed by atoms with Crippen LogP contribution in [0.1, 0.15) is 52.7 Å². The second-order valence-corrected chi connectivity index (χ2v) is 9.65. The van der Waals surface area contributed by atoms with Crippen LogP contribution in [0.25, 0.3) is 0 Å². The Morgan fingerprint density at radius 3 is 2.55 bits per heavy atom. The number of nitrogens with one attached hydrogen (secondary N) is 2. The van der Waals surface area contributed by atoms with Gasteiger partial charge in [-0.2, -0.15) is 0 Å². The Kier molecular flexibility index (Phi) is 7.92. The first-order chi connectivity index (χ1) is 18.5. The number of guanidine groups is 1. The van der Waals surface area contributed by atoms with Crippen LogP contribution in [0.3, 0.4) is 0 Å². The smallest absolute Gasteiger partial charge is 0.257 e. The third-order valence-electron chi connectivity index (χ3n) is 6.66. The molecule has 1 aliphatic carbocycles. The van der Waals surface area contributed by atoms with Gasteiger partial charge in [0.1, 0.15) is 18.2 Å². The first-order valence-electron chi connectivity index (χ1n) is 13.0. The van der Waals surface area contributed by atoms with E-state index in [2.05, 4.69) is 15.6 Å². The lowest BCUT2D eigenvalue weighted by Gasteiger charge is -2.14. The Balaban J connectivity index is 1.26. The molecule has 0 saturated heterocycles. The molecule has 1 amide bonds. The highest BCUT2D eigenvalue weighted by molar-refractivity contribution is 6.11. The predicted molar refractivity (Wildman–Crippen MR) is 148 cm³/mol. The summed E-state index contributed by atoms with van der Waals surface area (Å²) < 4.78 is 20.7. The molecule has 1 fully saturated rings. The van der Waals surface area contributed by atoms with E-state index in [1.165, 1.54) is 6.07 Å². The number of ether oxygens (including phenoxy) is 1. The SMILES string of the molecule is Cc1ccc(C(=O)NC(=NC2CCCC2)NC2=CC(c3ccc(OCc4ccccc4)cc3F)=NC2)cc1. The molecule has 5 rings (SSSR count). The van der Waals surface area contributed by atoms with Crippen molar-refractivity contribution in [3.05, 3.63) is 113 Å². The van der Waals surface area contributed by atoms with Crippen molar-refractivity contribution in [1.82, 2.24) is 10.6 Å². The van der Waals surface area contributed by atoms with Crippen LogP contribution in [-0.4, -0.2) is 30.2 Å². The first kappa shape index (κ1) is 25.4. The molecule has 38 heavy (non-hydrogen) atoms. The van der Waals surface area contributed by atoms with E-state index in [0.717, 1.165) is 42.5 Å². The molecule has 3 aromatic rings. The Hall–Kier alpha value is -4.26. The highest BCUT2D eigenvalue weighted by atomic mass is 19.1. The van der Waals surface area contributed by atoms with Crippen LogP contribution in [0, 0.1) is 12.7 Å². The molecular formula is C31H31FN4O2. The fourth-order valence-corrected chi connectivity index (χ4v) is 4.55. The van der Waals surface area contributed by atoms with Crippen molar-refractivity contribution in [1.29, 1.82) is 0 Å². The molecular weight excluding hydrogens is 479 g/mol. The number of carbonyl (C=O) groups is 1. The van der Waals surface area contributed by atoms with Gasteiger partial charge in [0.25, 0.3) is 5.91 Å². The van der Waals surface area contributed by atoms with Gasteiger partial charge in [0.15, 0.2) is 0 Å².